The normalized spacial score (nSPS) is 16.8. The van der Waals surface area contributed by atoms with Crippen molar-refractivity contribution in [1.82, 2.24) is 9.88 Å². The average Bonchev–Trinajstić information content (AvgIpc) is 3.34. The minimum atomic E-state index is -0.386. The number of nitrogens with one attached hydrogen (secondary N) is 1. The number of carbonyl (C=O) groups is 1. The molecule has 0 spiro atoms. The number of hydrogen-bond acceptors (Lipinski definition) is 3. The van der Waals surface area contributed by atoms with Crippen LogP contribution in [0.5, 0.6) is 0 Å². The van der Waals surface area contributed by atoms with Crippen molar-refractivity contribution in [3.05, 3.63) is 81.8 Å². The van der Waals surface area contributed by atoms with E-state index in [1.807, 2.05) is 12.1 Å². The van der Waals surface area contributed by atoms with Crippen molar-refractivity contribution < 1.29 is 9.21 Å². The molecule has 5 nitrogen and oxygen atoms in total. The number of benzene rings is 1. The summed E-state index contributed by atoms with van der Waals surface area (Å²) in [6.07, 6.45) is 2.46. The highest BCUT2D eigenvalue weighted by Gasteiger charge is 2.29. The van der Waals surface area contributed by atoms with E-state index in [1.165, 1.54) is 11.1 Å². The van der Waals surface area contributed by atoms with Gasteiger partial charge in [-0.05, 0) is 48.7 Å². The summed E-state index contributed by atoms with van der Waals surface area (Å²) in [7, 11) is 0. The highest BCUT2D eigenvalue weighted by Crippen LogP contribution is 2.30. The summed E-state index contributed by atoms with van der Waals surface area (Å²) in [5.41, 5.74) is 2.88. The molecular formula is C21H20N2O3. The third kappa shape index (κ3) is 2.96. The monoisotopic (exact) mass is 348 g/mol. The van der Waals surface area contributed by atoms with Crippen LogP contribution in [0.25, 0.3) is 11.5 Å². The summed E-state index contributed by atoms with van der Waals surface area (Å²) in [5.74, 6) is 0.678. The van der Waals surface area contributed by atoms with E-state index in [0.717, 1.165) is 6.42 Å². The Morgan fingerprint density at radius 2 is 2.00 bits per heavy atom. The van der Waals surface area contributed by atoms with E-state index >= 15 is 0 Å². The van der Waals surface area contributed by atoms with Gasteiger partial charge in [0.15, 0.2) is 0 Å². The number of hydrogen-bond donors (Lipinski definition) is 1. The van der Waals surface area contributed by atoms with Crippen molar-refractivity contribution >= 4 is 5.91 Å². The molecule has 5 heteroatoms. The molecule has 2 aromatic heterocycles. The number of H-pyrrole nitrogens is 1. The van der Waals surface area contributed by atoms with Gasteiger partial charge in [-0.1, -0.05) is 24.3 Å². The number of nitrogens with zero attached hydrogens (tertiary/aromatic N) is 1. The smallest absolute Gasteiger partial charge is 0.261 e. The van der Waals surface area contributed by atoms with Crippen molar-refractivity contribution in [3.8, 4) is 11.5 Å². The quantitative estimate of drug-likeness (QED) is 0.787. The Morgan fingerprint density at radius 3 is 2.73 bits per heavy atom. The van der Waals surface area contributed by atoms with E-state index < -0.39 is 0 Å². The molecule has 0 saturated carbocycles. The standard InChI is InChI=1S/C21H20N2O3/c1-14-5-2-3-6-16(14)15-10-11-23(13-15)21(25)17-8-9-18(22-20(17)24)19-7-4-12-26-19/h2-9,12,15H,10-11,13H2,1H3,(H,22,24). The molecule has 1 fully saturated rings. The molecule has 1 aromatic carbocycles. The zero-order valence-electron chi connectivity index (χ0n) is 14.6. The fourth-order valence-corrected chi connectivity index (χ4v) is 3.63. The van der Waals surface area contributed by atoms with Crippen LogP contribution in [-0.2, 0) is 0 Å². The van der Waals surface area contributed by atoms with Crippen molar-refractivity contribution in [3.63, 3.8) is 0 Å². The molecule has 1 aliphatic heterocycles. The van der Waals surface area contributed by atoms with Crippen LogP contribution >= 0.6 is 0 Å². The lowest BCUT2D eigenvalue weighted by atomic mass is 9.94. The van der Waals surface area contributed by atoms with Gasteiger partial charge in [0.1, 0.15) is 11.3 Å². The first-order chi connectivity index (χ1) is 12.6. The Labute approximate surface area is 151 Å². The molecule has 0 bridgehead atoms. The van der Waals surface area contributed by atoms with Crippen LogP contribution < -0.4 is 5.56 Å². The zero-order valence-corrected chi connectivity index (χ0v) is 14.6. The first kappa shape index (κ1) is 16.4. The molecule has 3 heterocycles. The lowest BCUT2D eigenvalue weighted by Gasteiger charge is -2.17. The van der Waals surface area contributed by atoms with E-state index in [2.05, 4.69) is 24.0 Å². The number of furan rings is 1. The van der Waals surface area contributed by atoms with Gasteiger partial charge in [0, 0.05) is 19.0 Å². The molecule has 4 rings (SSSR count). The number of amides is 1. The molecule has 1 atom stereocenters. The lowest BCUT2D eigenvalue weighted by Crippen LogP contribution is -2.33. The first-order valence-electron chi connectivity index (χ1n) is 8.75. The van der Waals surface area contributed by atoms with Crippen LogP contribution in [0.3, 0.4) is 0 Å². The van der Waals surface area contributed by atoms with Crippen LogP contribution in [0.4, 0.5) is 0 Å². The predicted molar refractivity (Wildman–Crippen MR) is 99.2 cm³/mol. The second-order valence-electron chi connectivity index (χ2n) is 6.69. The van der Waals surface area contributed by atoms with Crippen molar-refractivity contribution in [1.29, 1.82) is 0 Å². The summed E-state index contributed by atoms with van der Waals surface area (Å²) in [6.45, 7) is 3.40. The Morgan fingerprint density at radius 1 is 1.15 bits per heavy atom. The number of aromatic amines is 1. The summed E-state index contributed by atoms with van der Waals surface area (Å²) < 4.78 is 5.28. The minimum absolute atomic E-state index is 0.172. The SMILES string of the molecule is Cc1ccccc1C1CCN(C(=O)c2ccc(-c3ccco3)[nH]c2=O)C1. The van der Waals surface area contributed by atoms with Gasteiger partial charge in [0.05, 0.1) is 12.0 Å². The third-order valence-electron chi connectivity index (χ3n) is 5.03. The van der Waals surface area contributed by atoms with Crippen molar-refractivity contribution in [2.75, 3.05) is 13.1 Å². The van der Waals surface area contributed by atoms with E-state index in [-0.39, 0.29) is 17.0 Å². The number of pyridine rings is 1. The lowest BCUT2D eigenvalue weighted by molar-refractivity contribution is 0.0789. The van der Waals surface area contributed by atoms with E-state index in [0.29, 0.717) is 30.5 Å². The Bertz CT molecular complexity index is 988. The van der Waals surface area contributed by atoms with Crippen molar-refractivity contribution in [2.24, 2.45) is 0 Å². The topological polar surface area (TPSA) is 66.3 Å². The van der Waals surface area contributed by atoms with E-state index in [4.69, 9.17) is 4.42 Å². The molecule has 132 valence electrons. The Hall–Kier alpha value is -3.08. The molecule has 1 N–H and O–H groups in total. The highest BCUT2D eigenvalue weighted by molar-refractivity contribution is 5.94. The predicted octanol–water partition coefficient (Wildman–Crippen LogP) is 3.57. The maximum absolute atomic E-state index is 12.8. The molecule has 1 unspecified atom stereocenters. The van der Waals surface area contributed by atoms with E-state index in [1.54, 1.807) is 35.4 Å². The largest absolute Gasteiger partial charge is 0.463 e. The zero-order chi connectivity index (χ0) is 18.1. The molecule has 0 radical (unpaired) electrons. The van der Waals surface area contributed by atoms with Gasteiger partial charge in [0.2, 0.25) is 0 Å². The van der Waals surface area contributed by atoms with Crippen LogP contribution in [0.15, 0.2) is 64.0 Å². The van der Waals surface area contributed by atoms with Gasteiger partial charge in [-0.3, -0.25) is 9.59 Å². The maximum Gasteiger partial charge on any atom is 0.261 e. The Balaban J connectivity index is 1.54. The Kier molecular flexibility index (Phi) is 4.21. The fraction of sp³-hybridized carbons (Fsp3) is 0.238. The highest BCUT2D eigenvalue weighted by atomic mass is 16.3. The van der Waals surface area contributed by atoms with Gasteiger partial charge < -0.3 is 14.3 Å². The first-order valence-corrected chi connectivity index (χ1v) is 8.75. The van der Waals surface area contributed by atoms with Gasteiger partial charge in [-0.15, -0.1) is 0 Å². The molecule has 1 aliphatic rings. The van der Waals surface area contributed by atoms with Gasteiger partial charge >= 0.3 is 0 Å². The molecule has 3 aromatic rings. The van der Waals surface area contributed by atoms with Gasteiger partial charge in [-0.25, -0.2) is 0 Å². The second kappa shape index (κ2) is 6.67. The fourth-order valence-electron chi connectivity index (χ4n) is 3.63. The van der Waals surface area contributed by atoms with Crippen molar-refractivity contribution in [2.45, 2.75) is 19.3 Å². The van der Waals surface area contributed by atoms with Gasteiger partial charge in [-0.2, -0.15) is 0 Å². The summed E-state index contributed by atoms with van der Waals surface area (Å²) in [5, 5.41) is 0. The molecule has 0 aliphatic carbocycles. The molecule has 1 amide bonds. The summed E-state index contributed by atoms with van der Waals surface area (Å²) in [6, 6.07) is 15.1. The summed E-state index contributed by atoms with van der Waals surface area (Å²) >= 11 is 0. The number of aromatic nitrogens is 1. The van der Waals surface area contributed by atoms with Crippen LogP contribution in [0.1, 0.15) is 33.8 Å². The molecular weight excluding hydrogens is 328 g/mol. The van der Waals surface area contributed by atoms with Crippen LogP contribution in [0, 0.1) is 6.92 Å². The third-order valence-corrected chi connectivity index (χ3v) is 5.03. The van der Waals surface area contributed by atoms with Crippen LogP contribution in [-0.4, -0.2) is 28.9 Å². The number of aryl methyl sites for hydroxylation is 1. The molecule has 26 heavy (non-hydrogen) atoms. The number of likely N-dealkylation sites (tertiary alicyclic amines) is 1. The van der Waals surface area contributed by atoms with Crippen LogP contribution in [0.2, 0.25) is 0 Å². The van der Waals surface area contributed by atoms with E-state index in [9.17, 15) is 9.59 Å². The molecule has 1 saturated heterocycles. The maximum atomic E-state index is 12.8. The second-order valence-corrected chi connectivity index (χ2v) is 6.69. The number of carbonyl (C=O) groups excluding carboxylic acids is 1. The number of rotatable bonds is 3. The minimum Gasteiger partial charge on any atom is -0.463 e. The van der Waals surface area contributed by atoms with Gasteiger partial charge in [0.25, 0.3) is 11.5 Å². The average molecular weight is 348 g/mol. The summed E-state index contributed by atoms with van der Waals surface area (Å²) in [4.78, 5) is 29.7.